The molecule has 4 rings (SSSR count). The maximum Gasteiger partial charge on any atom is 0.121 e. The van der Waals surface area contributed by atoms with Gasteiger partial charge >= 0.3 is 0 Å². The molecule has 28 heavy (non-hydrogen) atoms. The molecule has 2 aromatic carbocycles. The number of nitriles is 1. The second-order valence-electron chi connectivity index (χ2n) is 7.26. The van der Waals surface area contributed by atoms with E-state index in [4.69, 9.17) is 21.3 Å². The second-order valence-corrected chi connectivity index (χ2v) is 7.70. The molecule has 0 N–H and O–H groups in total. The summed E-state index contributed by atoms with van der Waals surface area (Å²) >= 11 is 6.09. The lowest BCUT2D eigenvalue weighted by atomic mass is 9.97. The average molecular weight is 392 g/mol. The van der Waals surface area contributed by atoms with E-state index in [2.05, 4.69) is 17.0 Å². The molecule has 142 valence electrons. The molecular formula is C23H22ClN3O. The fourth-order valence-electron chi connectivity index (χ4n) is 3.84. The fraction of sp³-hybridized carbons (Fsp3) is 0.304. The van der Waals surface area contributed by atoms with Crippen molar-refractivity contribution in [3.8, 4) is 23.1 Å². The first-order valence-electron chi connectivity index (χ1n) is 9.52. The third-order valence-electron chi connectivity index (χ3n) is 5.30. The highest BCUT2D eigenvalue weighted by Crippen LogP contribution is 2.30. The summed E-state index contributed by atoms with van der Waals surface area (Å²) in [5.74, 6) is 0.910. The fourth-order valence-corrected chi connectivity index (χ4v) is 3.97. The van der Waals surface area contributed by atoms with Crippen LogP contribution in [-0.4, -0.2) is 30.1 Å². The van der Waals surface area contributed by atoms with E-state index in [0.29, 0.717) is 5.02 Å². The lowest BCUT2D eigenvalue weighted by Gasteiger charge is -2.30. The topological polar surface area (TPSA) is 49.1 Å². The van der Waals surface area contributed by atoms with Crippen LogP contribution in [0.2, 0.25) is 5.02 Å². The highest BCUT2D eigenvalue weighted by atomic mass is 35.5. The Balaban J connectivity index is 1.77. The number of rotatable bonds is 4. The van der Waals surface area contributed by atoms with Crippen LogP contribution in [-0.2, 0) is 6.54 Å². The summed E-state index contributed by atoms with van der Waals surface area (Å²) in [5, 5.41) is 11.1. The largest absolute Gasteiger partial charge is 0.497 e. The average Bonchev–Trinajstić information content (AvgIpc) is 2.73. The number of ether oxygens (including phenoxy) is 1. The molecule has 5 heteroatoms. The Bertz CT molecular complexity index is 1030. The predicted octanol–water partition coefficient (Wildman–Crippen LogP) is 5.30. The number of halogens is 1. The Kier molecular flexibility index (Phi) is 5.47. The van der Waals surface area contributed by atoms with Gasteiger partial charge in [0.15, 0.2) is 0 Å². The van der Waals surface area contributed by atoms with Crippen molar-refractivity contribution in [2.24, 2.45) is 5.92 Å². The summed E-state index contributed by atoms with van der Waals surface area (Å²) in [6, 6.07) is 18.4. The minimum absolute atomic E-state index is 0.116. The van der Waals surface area contributed by atoms with E-state index >= 15 is 0 Å². The number of hydrogen-bond acceptors (Lipinski definition) is 4. The first-order valence-corrected chi connectivity index (χ1v) is 9.89. The summed E-state index contributed by atoms with van der Waals surface area (Å²) < 4.78 is 5.36. The first kappa shape index (κ1) is 18.7. The lowest BCUT2D eigenvalue weighted by Crippen LogP contribution is -2.34. The van der Waals surface area contributed by atoms with E-state index in [9.17, 15) is 5.26 Å². The Labute approximate surface area is 170 Å². The maximum absolute atomic E-state index is 9.31. The van der Waals surface area contributed by atoms with Crippen LogP contribution in [0.4, 0.5) is 0 Å². The van der Waals surface area contributed by atoms with Crippen molar-refractivity contribution in [3.05, 3.63) is 59.1 Å². The molecule has 0 amide bonds. The van der Waals surface area contributed by atoms with Crippen molar-refractivity contribution in [2.75, 3.05) is 20.2 Å². The summed E-state index contributed by atoms with van der Waals surface area (Å²) in [5.41, 5.74) is 4.06. The monoisotopic (exact) mass is 391 g/mol. The third kappa shape index (κ3) is 3.96. The maximum atomic E-state index is 9.31. The molecule has 0 unspecified atom stereocenters. The molecule has 1 atom stereocenters. The van der Waals surface area contributed by atoms with Crippen LogP contribution in [0.15, 0.2) is 48.5 Å². The van der Waals surface area contributed by atoms with Crippen molar-refractivity contribution in [1.29, 1.82) is 5.26 Å². The summed E-state index contributed by atoms with van der Waals surface area (Å²) in [6.07, 6.45) is 2.06. The minimum atomic E-state index is 0.116. The van der Waals surface area contributed by atoms with Crippen LogP contribution in [0.1, 0.15) is 18.4 Å². The van der Waals surface area contributed by atoms with Crippen LogP contribution >= 0.6 is 11.6 Å². The zero-order valence-electron chi connectivity index (χ0n) is 15.9. The number of methoxy groups -OCH3 is 1. The van der Waals surface area contributed by atoms with Gasteiger partial charge in [0, 0.05) is 35.1 Å². The van der Waals surface area contributed by atoms with Gasteiger partial charge in [-0.05, 0) is 55.3 Å². The number of pyridine rings is 1. The zero-order valence-corrected chi connectivity index (χ0v) is 16.6. The van der Waals surface area contributed by atoms with Gasteiger partial charge in [-0.3, -0.25) is 4.90 Å². The van der Waals surface area contributed by atoms with Crippen molar-refractivity contribution in [3.63, 3.8) is 0 Å². The minimum Gasteiger partial charge on any atom is -0.497 e. The van der Waals surface area contributed by atoms with Gasteiger partial charge in [0.1, 0.15) is 5.75 Å². The van der Waals surface area contributed by atoms with Crippen molar-refractivity contribution in [1.82, 2.24) is 9.88 Å². The molecule has 3 aromatic rings. The third-order valence-corrected chi connectivity index (χ3v) is 5.56. The van der Waals surface area contributed by atoms with Crippen LogP contribution < -0.4 is 4.74 Å². The highest BCUT2D eigenvalue weighted by molar-refractivity contribution is 6.30. The summed E-state index contributed by atoms with van der Waals surface area (Å²) in [4.78, 5) is 7.34. The van der Waals surface area contributed by atoms with Gasteiger partial charge in [-0.15, -0.1) is 0 Å². The van der Waals surface area contributed by atoms with Crippen LogP contribution in [0.5, 0.6) is 5.75 Å². The SMILES string of the molecule is COc1ccc2cc(CN3CCC[C@H](C#N)C3)c(-c3ccc(Cl)cc3)nc2c1. The van der Waals surface area contributed by atoms with Crippen LogP contribution in [0, 0.1) is 17.2 Å². The lowest BCUT2D eigenvalue weighted by molar-refractivity contribution is 0.192. The van der Waals surface area contributed by atoms with Gasteiger partial charge in [-0.25, -0.2) is 4.98 Å². The zero-order chi connectivity index (χ0) is 19.5. The molecule has 1 aliphatic rings. The molecular weight excluding hydrogens is 370 g/mol. The molecule has 0 saturated carbocycles. The second kappa shape index (κ2) is 8.18. The van der Waals surface area contributed by atoms with Gasteiger partial charge in [0.05, 0.1) is 30.3 Å². The van der Waals surface area contributed by atoms with E-state index in [0.717, 1.165) is 60.4 Å². The molecule has 1 aliphatic heterocycles. The van der Waals surface area contributed by atoms with Crippen LogP contribution in [0.3, 0.4) is 0 Å². The number of nitrogens with zero attached hydrogens (tertiary/aromatic N) is 3. The normalized spacial score (nSPS) is 17.4. The number of benzene rings is 2. The molecule has 0 bridgehead atoms. The van der Waals surface area contributed by atoms with Gasteiger partial charge in [0.2, 0.25) is 0 Å². The first-order chi connectivity index (χ1) is 13.7. The molecule has 2 heterocycles. The standard InChI is InChI=1S/C23H22ClN3O/c1-28-21-9-6-18-11-19(15-27-10-2-3-16(13-25)14-27)23(26-22(18)12-21)17-4-7-20(24)8-5-17/h4-9,11-12,16H,2-3,10,14-15H2,1H3/t16-/m1/s1. The van der Waals surface area contributed by atoms with Gasteiger partial charge in [0.25, 0.3) is 0 Å². The van der Waals surface area contributed by atoms with E-state index in [-0.39, 0.29) is 5.92 Å². The van der Waals surface area contributed by atoms with E-state index in [1.54, 1.807) is 7.11 Å². The Morgan fingerprint density at radius 2 is 2.04 bits per heavy atom. The van der Waals surface area contributed by atoms with Crippen molar-refractivity contribution >= 4 is 22.5 Å². The number of likely N-dealkylation sites (tertiary alicyclic amines) is 1. The van der Waals surface area contributed by atoms with Gasteiger partial charge < -0.3 is 4.74 Å². The summed E-state index contributed by atoms with van der Waals surface area (Å²) in [7, 11) is 1.66. The Morgan fingerprint density at radius 3 is 2.79 bits per heavy atom. The Hall–Kier alpha value is -2.61. The number of hydrogen-bond donors (Lipinski definition) is 0. The molecule has 0 spiro atoms. The van der Waals surface area contributed by atoms with Crippen molar-refractivity contribution < 1.29 is 4.74 Å². The number of aromatic nitrogens is 1. The molecule has 1 fully saturated rings. The van der Waals surface area contributed by atoms with Gasteiger partial charge in [-0.1, -0.05) is 23.7 Å². The molecule has 1 aromatic heterocycles. The molecule has 4 nitrogen and oxygen atoms in total. The number of fused-ring (bicyclic) bond motifs is 1. The quantitative estimate of drug-likeness (QED) is 0.605. The molecule has 1 saturated heterocycles. The predicted molar refractivity (Wildman–Crippen MR) is 112 cm³/mol. The van der Waals surface area contributed by atoms with E-state index in [1.807, 2.05) is 42.5 Å². The summed E-state index contributed by atoms with van der Waals surface area (Å²) in [6.45, 7) is 2.61. The van der Waals surface area contributed by atoms with E-state index in [1.165, 1.54) is 5.56 Å². The Morgan fingerprint density at radius 1 is 1.21 bits per heavy atom. The smallest absolute Gasteiger partial charge is 0.121 e. The van der Waals surface area contributed by atoms with Crippen LogP contribution in [0.25, 0.3) is 22.2 Å². The molecule has 0 radical (unpaired) electrons. The molecule has 0 aliphatic carbocycles. The number of piperidine rings is 1. The highest BCUT2D eigenvalue weighted by Gasteiger charge is 2.21. The van der Waals surface area contributed by atoms with Gasteiger partial charge in [-0.2, -0.15) is 5.26 Å². The van der Waals surface area contributed by atoms with Crippen molar-refractivity contribution in [2.45, 2.75) is 19.4 Å². The van der Waals surface area contributed by atoms with E-state index < -0.39 is 0 Å².